The average molecular weight is 595 g/mol. The molecule has 2 atom stereocenters. The first-order chi connectivity index (χ1) is 17.8. The van der Waals surface area contributed by atoms with Crippen LogP contribution in [0, 0.1) is 0 Å². The van der Waals surface area contributed by atoms with E-state index in [2.05, 4.69) is 4.72 Å². The van der Waals surface area contributed by atoms with E-state index in [1.807, 2.05) is 0 Å². The van der Waals surface area contributed by atoms with Gasteiger partial charge in [-0.1, -0.05) is 0 Å². The number of benzene rings is 2. The first-order valence-electron chi connectivity index (χ1n) is 11.1. The summed E-state index contributed by atoms with van der Waals surface area (Å²) < 4.78 is 102. The molecule has 0 amide bonds. The van der Waals surface area contributed by atoms with Crippen LogP contribution < -0.4 is 23.7 Å². The largest absolute Gasteiger partial charge is 0.497 e. The van der Waals surface area contributed by atoms with E-state index in [9.17, 15) is 30.4 Å². The van der Waals surface area contributed by atoms with Crippen LogP contribution in [0.15, 0.2) is 46.2 Å². The molecular weight excluding hydrogens is 564 g/mol. The van der Waals surface area contributed by atoms with Gasteiger partial charge in [0.1, 0.15) is 32.8 Å². The van der Waals surface area contributed by atoms with Crippen molar-refractivity contribution in [1.29, 1.82) is 0 Å². The van der Waals surface area contributed by atoms with Crippen LogP contribution in [0.1, 0.15) is 0 Å². The summed E-state index contributed by atoms with van der Waals surface area (Å²) in [5.41, 5.74) is 0. The Kier molecular flexibility index (Phi) is 9.16. The van der Waals surface area contributed by atoms with Crippen molar-refractivity contribution in [2.45, 2.75) is 21.9 Å². The third-order valence-corrected chi connectivity index (χ3v) is 11.1. The highest BCUT2D eigenvalue weighted by atomic mass is 32.2. The second-order valence-corrected chi connectivity index (χ2v) is 14.0. The van der Waals surface area contributed by atoms with Gasteiger partial charge in [0.05, 0.1) is 52.1 Å². The number of methoxy groups -OCH3 is 4. The molecule has 212 valence electrons. The standard InChI is InChI=1S/C22H30N2O11S3/c1-32-15-5-7-21(19(11-15)34-3)37(28,29)23-9-10-24(17-13-36(26,27)14-18(17)25)38(30,31)22-8-6-16(33-2)12-20(22)35-4/h5-8,11-12,17-18,23,25H,9-10,13-14H2,1-4H3/t17-,18+/m1/s1. The van der Waals surface area contributed by atoms with Crippen LogP contribution in [-0.4, -0.2) is 99.8 Å². The van der Waals surface area contributed by atoms with Crippen LogP contribution in [0.2, 0.25) is 0 Å². The van der Waals surface area contributed by atoms with Crippen LogP contribution in [0.3, 0.4) is 0 Å². The molecule has 0 unspecified atom stereocenters. The van der Waals surface area contributed by atoms with Gasteiger partial charge < -0.3 is 24.1 Å². The third-order valence-electron chi connectivity index (χ3n) is 5.91. The number of aliphatic hydroxyl groups is 1. The lowest BCUT2D eigenvalue weighted by Crippen LogP contribution is -2.49. The summed E-state index contributed by atoms with van der Waals surface area (Å²) in [7, 11) is -7.09. The number of ether oxygens (including phenoxy) is 4. The lowest BCUT2D eigenvalue weighted by atomic mass is 10.2. The predicted octanol–water partition coefficient (Wildman–Crippen LogP) is -0.152. The molecule has 1 fully saturated rings. The molecule has 0 aliphatic carbocycles. The maximum Gasteiger partial charge on any atom is 0.247 e. The second kappa shape index (κ2) is 11.6. The summed E-state index contributed by atoms with van der Waals surface area (Å²) in [6.07, 6.45) is -1.52. The van der Waals surface area contributed by atoms with Crippen molar-refractivity contribution in [2.75, 3.05) is 53.0 Å². The van der Waals surface area contributed by atoms with Crippen molar-refractivity contribution < 1.29 is 49.3 Å². The maximum absolute atomic E-state index is 13.7. The molecule has 3 rings (SSSR count). The van der Waals surface area contributed by atoms with Crippen LogP contribution >= 0.6 is 0 Å². The SMILES string of the molecule is COc1ccc(S(=O)(=O)NCCN([C@@H]2CS(=O)(=O)C[C@@H]2O)S(=O)(=O)c2ccc(OC)cc2OC)c(OC)c1. The van der Waals surface area contributed by atoms with E-state index >= 15 is 0 Å². The molecule has 13 nitrogen and oxygen atoms in total. The summed E-state index contributed by atoms with van der Waals surface area (Å²) in [4.78, 5) is -0.521. The molecule has 1 aliphatic heterocycles. The Morgan fingerprint density at radius 1 is 0.868 bits per heavy atom. The fraction of sp³-hybridized carbons (Fsp3) is 0.455. The summed E-state index contributed by atoms with van der Waals surface area (Å²) in [5.74, 6) is -0.654. The molecular formula is C22H30N2O11S3. The highest BCUT2D eigenvalue weighted by molar-refractivity contribution is 7.92. The number of nitrogens with zero attached hydrogens (tertiary/aromatic N) is 1. The van der Waals surface area contributed by atoms with Crippen LogP contribution in [0.5, 0.6) is 23.0 Å². The van der Waals surface area contributed by atoms with Gasteiger partial charge in [0.25, 0.3) is 0 Å². The Hall–Kier alpha value is -2.63. The molecule has 1 heterocycles. The van der Waals surface area contributed by atoms with Gasteiger partial charge in [-0.3, -0.25) is 0 Å². The lowest BCUT2D eigenvalue weighted by molar-refractivity contribution is 0.128. The van der Waals surface area contributed by atoms with Gasteiger partial charge >= 0.3 is 0 Å². The minimum atomic E-state index is -4.49. The number of nitrogens with one attached hydrogen (secondary N) is 1. The van der Waals surface area contributed by atoms with Gasteiger partial charge in [0.15, 0.2) is 9.84 Å². The zero-order valence-corrected chi connectivity index (χ0v) is 23.6. The normalized spacial score (nSPS) is 19.3. The van der Waals surface area contributed by atoms with Crippen LogP contribution in [0.4, 0.5) is 0 Å². The third kappa shape index (κ3) is 6.32. The predicted molar refractivity (Wildman–Crippen MR) is 137 cm³/mol. The highest BCUT2D eigenvalue weighted by Gasteiger charge is 2.45. The number of hydrogen-bond donors (Lipinski definition) is 2. The number of sulfonamides is 2. The van der Waals surface area contributed by atoms with E-state index in [-0.39, 0.29) is 21.3 Å². The van der Waals surface area contributed by atoms with E-state index in [1.54, 1.807) is 0 Å². The molecule has 2 N–H and O–H groups in total. The molecule has 0 aromatic heterocycles. The Labute approximate surface area is 222 Å². The summed E-state index contributed by atoms with van der Waals surface area (Å²) in [6.45, 7) is -0.940. The van der Waals surface area contributed by atoms with E-state index < -0.39 is 66.6 Å². The Balaban J connectivity index is 1.95. The van der Waals surface area contributed by atoms with Crippen molar-refractivity contribution in [2.24, 2.45) is 0 Å². The first-order valence-corrected chi connectivity index (χ1v) is 15.9. The molecule has 16 heteroatoms. The zero-order valence-electron chi connectivity index (χ0n) is 21.1. The molecule has 0 radical (unpaired) electrons. The second-order valence-electron chi connectivity index (χ2n) is 8.26. The molecule has 2 aromatic carbocycles. The fourth-order valence-electron chi connectivity index (χ4n) is 4.03. The first kappa shape index (κ1) is 29.9. The van der Waals surface area contributed by atoms with Gasteiger partial charge in [0.2, 0.25) is 20.0 Å². The summed E-state index contributed by atoms with van der Waals surface area (Å²) in [5, 5.41) is 10.5. The topological polar surface area (TPSA) is 175 Å². The molecule has 0 spiro atoms. The average Bonchev–Trinajstić information content (AvgIpc) is 3.16. The molecule has 38 heavy (non-hydrogen) atoms. The number of hydrogen-bond acceptors (Lipinski definition) is 11. The number of sulfone groups is 1. The van der Waals surface area contributed by atoms with Crippen molar-refractivity contribution in [3.63, 3.8) is 0 Å². The molecule has 2 aromatic rings. The van der Waals surface area contributed by atoms with Gasteiger partial charge in [-0.15, -0.1) is 0 Å². The van der Waals surface area contributed by atoms with E-state index in [1.165, 1.54) is 64.8 Å². The number of aliphatic hydroxyl groups excluding tert-OH is 1. The smallest absolute Gasteiger partial charge is 0.247 e. The van der Waals surface area contributed by atoms with Gasteiger partial charge in [-0.2, -0.15) is 4.31 Å². The fourth-order valence-corrected chi connectivity index (χ4v) is 8.89. The number of rotatable bonds is 12. The van der Waals surface area contributed by atoms with Gasteiger partial charge in [0, 0.05) is 25.2 Å². The Morgan fingerprint density at radius 3 is 1.87 bits per heavy atom. The Morgan fingerprint density at radius 2 is 1.39 bits per heavy atom. The van der Waals surface area contributed by atoms with E-state index in [0.29, 0.717) is 11.5 Å². The van der Waals surface area contributed by atoms with Gasteiger partial charge in [-0.25, -0.2) is 30.0 Å². The highest BCUT2D eigenvalue weighted by Crippen LogP contribution is 2.33. The molecule has 1 saturated heterocycles. The minimum Gasteiger partial charge on any atom is -0.497 e. The summed E-state index contributed by atoms with van der Waals surface area (Å²) >= 11 is 0. The van der Waals surface area contributed by atoms with Crippen molar-refractivity contribution in [1.82, 2.24) is 9.03 Å². The Bertz CT molecular complexity index is 1480. The van der Waals surface area contributed by atoms with Crippen LogP contribution in [0.25, 0.3) is 0 Å². The summed E-state index contributed by atoms with van der Waals surface area (Å²) in [6, 6.07) is 6.66. The van der Waals surface area contributed by atoms with Crippen molar-refractivity contribution >= 4 is 29.9 Å². The zero-order chi connectivity index (χ0) is 28.3. The van der Waals surface area contributed by atoms with E-state index in [0.717, 1.165) is 4.31 Å². The molecule has 0 saturated carbocycles. The quantitative estimate of drug-likeness (QED) is 0.334. The molecule has 0 bridgehead atoms. The molecule has 1 aliphatic rings. The van der Waals surface area contributed by atoms with Crippen molar-refractivity contribution in [3.05, 3.63) is 36.4 Å². The maximum atomic E-state index is 13.7. The van der Waals surface area contributed by atoms with E-state index in [4.69, 9.17) is 18.9 Å². The van der Waals surface area contributed by atoms with Gasteiger partial charge in [-0.05, 0) is 24.3 Å². The minimum absolute atomic E-state index is 0.00149. The van der Waals surface area contributed by atoms with Crippen LogP contribution in [-0.2, 0) is 29.9 Å². The lowest BCUT2D eigenvalue weighted by Gasteiger charge is -2.30. The van der Waals surface area contributed by atoms with Crippen molar-refractivity contribution in [3.8, 4) is 23.0 Å². The monoisotopic (exact) mass is 594 g/mol.